The van der Waals surface area contributed by atoms with Crippen LogP contribution in [0.25, 0.3) is 0 Å². The molecule has 66 valence electrons. The molecule has 1 rings (SSSR count). The first-order valence-corrected chi connectivity index (χ1v) is 4.79. The van der Waals surface area contributed by atoms with Crippen LogP contribution < -0.4 is 0 Å². The molecule has 0 spiro atoms. The normalized spacial score (nSPS) is 10.2. The molecule has 0 saturated carbocycles. The van der Waals surface area contributed by atoms with E-state index in [0.29, 0.717) is 0 Å². The Hall–Kier alpha value is -0.780. The van der Waals surface area contributed by atoms with E-state index in [-0.39, 0.29) is 0 Å². The van der Waals surface area contributed by atoms with Crippen molar-refractivity contribution in [3.63, 3.8) is 0 Å². The summed E-state index contributed by atoms with van der Waals surface area (Å²) in [5.74, 6) is 0. The van der Waals surface area contributed by atoms with Crippen LogP contribution in [0.4, 0.5) is 0 Å². The summed E-state index contributed by atoms with van der Waals surface area (Å²) in [6.45, 7) is 6.58. The van der Waals surface area contributed by atoms with Gasteiger partial charge < -0.3 is 0 Å². The van der Waals surface area contributed by atoms with Crippen LogP contribution in [0.1, 0.15) is 36.5 Å². The van der Waals surface area contributed by atoms with Gasteiger partial charge in [-0.05, 0) is 32.3 Å². The summed E-state index contributed by atoms with van der Waals surface area (Å²) in [7, 11) is 0. The van der Waals surface area contributed by atoms with E-state index in [1.54, 1.807) is 0 Å². The van der Waals surface area contributed by atoms with Gasteiger partial charge in [0, 0.05) is 0 Å². The molecule has 0 amide bonds. The smallest absolute Gasteiger partial charge is 0.0279 e. The molecule has 1 aromatic rings. The van der Waals surface area contributed by atoms with Gasteiger partial charge in [-0.15, -0.1) is 0 Å². The molecule has 0 nitrogen and oxygen atoms in total. The third-order valence-corrected chi connectivity index (χ3v) is 2.10. The largest absolute Gasteiger partial charge is 0.0654 e. The maximum atomic E-state index is 2.29. The fourth-order valence-corrected chi connectivity index (χ4v) is 1.59. The third-order valence-electron chi connectivity index (χ3n) is 2.10. The maximum Gasteiger partial charge on any atom is -0.0279 e. The Labute approximate surface area is 75.6 Å². The van der Waals surface area contributed by atoms with Crippen LogP contribution in [0.5, 0.6) is 0 Å². The van der Waals surface area contributed by atoms with Gasteiger partial charge >= 0.3 is 0 Å². The lowest BCUT2D eigenvalue weighted by molar-refractivity contribution is 0.794. The van der Waals surface area contributed by atoms with Crippen molar-refractivity contribution >= 4 is 0 Å². The Morgan fingerprint density at radius 1 is 1.00 bits per heavy atom. The quantitative estimate of drug-likeness (QED) is 0.636. The van der Waals surface area contributed by atoms with Crippen LogP contribution >= 0.6 is 0 Å². The fourth-order valence-electron chi connectivity index (χ4n) is 1.59. The van der Waals surface area contributed by atoms with Crippen LogP contribution in [0.15, 0.2) is 18.2 Å². The number of hydrogen-bond donors (Lipinski definition) is 0. The second-order valence-electron chi connectivity index (χ2n) is 3.60. The van der Waals surface area contributed by atoms with Gasteiger partial charge in [-0.3, -0.25) is 0 Å². The molecule has 0 aliphatic rings. The van der Waals surface area contributed by atoms with Crippen molar-refractivity contribution in [2.75, 3.05) is 0 Å². The van der Waals surface area contributed by atoms with Gasteiger partial charge in [0.2, 0.25) is 0 Å². The Balaban J connectivity index is 2.72. The van der Waals surface area contributed by atoms with E-state index in [1.165, 1.54) is 36.0 Å². The van der Waals surface area contributed by atoms with Gasteiger partial charge in [-0.2, -0.15) is 0 Å². The Kier molecular flexibility index (Phi) is 3.33. The fraction of sp³-hybridized carbons (Fsp3) is 0.500. The van der Waals surface area contributed by atoms with Crippen LogP contribution in [0.2, 0.25) is 0 Å². The van der Waals surface area contributed by atoms with E-state index in [0.717, 1.165) is 0 Å². The Morgan fingerprint density at radius 3 is 2.08 bits per heavy atom. The average molecular weight is 162 g/mol. The van der Waals surface area contributed by atoms with Gasteiger partial charge in [0.1, 0.15) is 0 Å². The molecule has 12 heavy (non-hydrogen) atoms. The van der Waals surface area contributed by atoms with Crippen molar-refractivity contribution in [1.29, 1.82) is 0 Å². The minimum absolute atomic E-state index is 1.24. The highest BCUT2D eigenvalue weighted by molar-refractivity contribution is 5.28. The minimum Gasteiger partial charge on any atom is -0.0654 e. The molecule has 0 bridgehead atoms. The van der Waals surface area contributed by atoms with E-state index in [2.05, 4.69) is 39.0 Å². The van der Waals surface area contributed by atoms with Gasteiger partial charge in [0.15, 0.2) is 0 Å². The monoisotopic (exact) mass is 162 g/mol. The van der Waals surface area contributed by atoms with E-state index < -0.39 is 0 Å². The lowest BCUT2D eigenvalue weighted by Crippen LogP contribution is -1.87. The first-order valence-electron chi connectivity index (χ1n) is 4.79. The van der Waals surface area contributed by atoms with Gasteiger partial charge in [-0.1, -0.05) is 42.7 Å². The zero-order valence-electron chi connectivity index (χ0n) is 8.35. The van der Waals surface area contributed by atoms with Crippen LogP contribution in [-0.2, 0) is 6.42 Å². The highest BCUT2D eigenvalue weighted by atomic mass is 14.0. The topological polar surface area (TPSA) is 0 Å². The summed E-state index contributed by atoms with van der Waals surface area (Å²) in [6.07, 6.45) is 3.83. The number of aryl methyl sites for hydroxylation is 3. The Bertz CT molecular complexity index is 228. The molecule has 0 aliphatic heterocycles. The highest BCUT2D eigenvalue weighted by Gasteiger charge is 1.94. The predicted octanol–water partition coefficient (Wildman–Crippen LogP) is 3.65. The minimum atomic E-state index is 1.24. The molecular weight excluding hydrogens is 144 g/mol. The van der Waals surface area contributed by atoms with Crippen molar-refractivity contribution in [3.8, 4) is 0 Å². The SMILES string of the molecule is CCCCc1cc(C)cc(C)c1. The number of rotatable bonds is 3. The lowest BCUT2D eigenvalue weighted by atomic mass is 10.0. The lowest BCUT2D eigenvalue weighted by Gasteiger charge is -2.03. The Morgan fingerprint density at radius 2 is 1.58 bits per heavy atom. The van der Waals surface area contributed by atoms with Crippen LogP contribution in [0.3, 0.4) is 0 Å². The van der Waals surface area contributed by atoms with E-state index >= 15 is 0 Å². The van der Waals surface area contributed by atoms with Crippen molar-refractivity contribution in [2.45, 2.75) is 40.0 Å². The zero-order valence-corrected chi connectivity index (χ0v) is 8.35. The molecule has 0 fully saturated rings. The first kappa shape index (κ1) is 9.31. The molecular formula is C12H18. The van der Waals surface area contributed by atoms with Gasteiger partial charge in [0.05, 0.1) is 0 Å². The first-order chi connectivity index (χ1) is 5.72. The summed E-state index contributed by atoms with van der Waals surface area (Å²) in [5.41, 5.74) is 4.27. The molecule has 0 radical (unpaired) electrons. The van der Waals surface area contributed by atoms with Crippen molar-refractivity contribution < 1.29 is 0 Å². The van der Waals surface area contributed by atoms with E-state index in [1.807, 2.05) is 0 Å². The number of unbranched alkanes of at least 4 members (excludes halogenated alkanes) is 1. The van der Waals surface area contributed by atoms with Crippen molar-refractivity contribution in [2.24, 2.45) is 0 Å². The molecule has 1 aromatic carbocycles. The molecule has 0 heterocycles. The van der Waals surface area contributed by atoms with Crippen molar-refractivity contribution in [3.05, 3.63) is 34.9 Å². The van der Waals surface area contributed by atoms with Gasteiger partial charge in [0.25, 0.3) is 0 Å². The number of benzene rings is 1. The van der Waals surface area contributed by atoms with Crippen LogP contribution in [0, 0.1) is 13.8 Å². The zero-order chi connectivity index (χ0) is 8.97. The molecule has 0 heteroatoms. The molecule has 0 aliphatic carbocycles. The molecule has 0 aromatic heterocycles. The highest BCUT2D eigenvalue weighted by Crippen LogP contribution is 2.11. The molecule has 0 saturated heterocycles. The second kappa shape index (κ2) is 4.30. The average Bonchev–Trinajstić information content (AvgIpc) is 1.99. The third kappa shape index (κ3) is 2.69. The second-order valence-corrected chi connectivity index (χ2v) is 3.60. The molecule has 0 atom stereocenters. The summed E-state index contributed by atoms with van der Waals surface area (Å²) in [4.78, 5) is 0. The number of hydrogen-bond acceptors (Lipinski definition) is 0. The standard InChI is InChI=1S/C12H18/c1-4-5-6-12-8-10(2)7-11(3)9-12/h7-9H,4-6H2,1-3H3. The van der Waals surface area contributed by atoms with E-state index in [4.69, 9.17) is 0 Å². The van der Waals surface area contributed by atoms with Gasteiger partial charge in [-0.25, -0.2) is 0 Å². The van der Waals surface area contributed by atoms with E-state index in [9.17, 15) is 0 Å². The predicted molar refractivity (Wildman–Crippen MR) is 54.5 cm³/mol. The summed E-state index contributed by atoms with van der Waals surface area (Å²) < 4.78 is 0. The molecule has 0 unspecified atom stereocenters. The summed E-state index contributed by atoms with van der Waals surface area (Å²) >= 11 is 0. The maximum absolute atomic E-state index is 2.29. The van der Waals surface area contributed by atoms with Crippen LogP contribution in [-0.4, -0.2) is 0 Å². The summed E-state index contributed by atoms with van der Waals surface area (Å²) in [6, 6.07) is 6.82. The molecule has 0 N–H and O–H groups in total. The summed E-state index contributed by atoms with van der Waals surface area (Å²) in [5, 5.41) is 0. The van der Waals surface area contributed by atoms with Crippen molar-refractivity contribution in [1.82, 2.24) is 0 Å².